The van der Waals surface area contributed by atoms with E-state index in [1.807, 2.05) is 0 Å². The Labute approximate surface area is 101 Å². The second-order valence-corrected chi connectivity index (χ2v) is 3.82. The number of aliphatic hydroxyl groups excluding tert-OH is 1. The molecule has 0 saturated carbocycles. The first-order valence-electron chi connectivity index (χ1n) is 5.50. The number of ether oxygens (including phenoxy) is 1. The molecule has 0 saturated heterocycles. The zero-order valence-electron chi connectivity index (χ0n) is 9.85. The van der Waals surface area contributed by atoms with Crippen molar-refractivity contribution in [2.24, 2.45) is 0 Å². The van der Waals surface area contributed by atoms with Crippen molar-refractivity contribution in [3.8, 4) is 5.75 Å². The fourth-order valence-electron chi connectivity index (χ4n) is 1.22. The van der Waals surface area contributed by atoms with E-state index in [2.05, 4.69) is 5.32 Å². The van der Waals surface area contributed by atoms with Crippen LogP contribution in [-0.2, 0) is 4.79 Å². The second kappa shape index (κ2) is 6.75. The van der Waals surface area contributed by atoms with E-state index in [0.717, 1.165) is 0 Å². The molecule has 1 atom stereocenters. The number of nitrogen functional groups attached to an aromatic ring is 1. The molecule has 0 fully saturated rings. The van der Waals surface area contributed by atoms with Crippen LogP contribution in [0.1, 0.15) is 13.3 Å². The third-order valence-corrected chi connectivity index (χ3v) is 2.16. The Kier molecular flexibility index (Phi) is 5.29. The highest BCUT2D eigenvalue weighted by Gasteiger charge is 2.05. The van der Waals surface area contributed by atoms with Gasteiger partial charge in [0.1, 0.15) is 5.75 Å². The van der Waals surface area contributed by atoms with Crippen molar-refractivity contribution in [1.29, 1.82) is 0 Å². The Morgan fingerprint density at radius 1 is 1.47 bits per heavy atom. The standard InChI is InChI=1S/C12H18N2O3/c1-9(8-15)14-12(16)6-7-17-11-4-2-10(13)3-5-11/h2-5,9,15H,6-8,13H2,1H3,(H,14,16)/t9-/m1/s1. The van der Waals surface area contributed by atoms with Gasteiger partial charge >= 0.3 is 0 Å². The summed E-state index contributed by atoms with van der Waals surface area (Å²) in [4.78, 5) is 11.3. The van der Waals surface area contributed by atoms with E-state index in [0.29, 0.717) is 18.0 Å². The first-order chi connectivity index (χ1) is 8.11. The summed E-state index contributed by atoms with van der Waals surface area (Å²) in [5.74, 6) is 0.546. The lowest BCUT2D eigenvalue weighted by Crippen LogP contribution is -2.35. The average molecular weight is 238 g/mol. The minimum atomic E-state index is -0.223. The minimum Gasteiger partial charge on any atom is -0.493 e. The maximum atomic E-state index is 11.3. The number of hydrogen-bond acceptors (Lipinski definition) is 4. The van der Waals surface area contributed by atoms with Crippen LogP contribution < -0.4 is 15.8 Å². The Bertz CT molecular complexity index is 351. The average Bonchev–Trinajstić information content (AvgIpc) is 2.31. The molecule has 0 radical (unpaired) electrons. The summed E-state index contributed by atoms with van der Waals surface area (Å²) < 4.78 is 5.37. The van der Waals surface area contributed by atoms with Gasteiger partial charge in [-0.2, -0.15) is 0 Å². The summed E-state index contributed by atoms with van der Waals surface area (Å²) in [5.41, 5.74) is 6.20. The molecule has 1 aromatic rings. The molecule has 1 rings (SSSR count). The van der Waals surface area contributed by atoms with Crippen molar-refractivity contribution in [2.45, 2.75) is 19.4 Å². The largest absolute Gasteiger partial charge is 0.493 e. The van der Waals surface area contributed by atoms with Crippen LogP contribution in [-0.4, -0.2) is 30.3 Å². The van der Waals surface area contributed by atoms with Crippen molar-refractivity contribution in [1.82, 2.24) is 5.32 Å². The molecule has 5 heteroatoms. The highest BCUT2D eigenvalue weighted by Crippen LogP contribution is 2.12. The van der Waals surface area contributed by atoms with E-state index in [-0.39, 0.29) is 25.0 Å². The molecule has 94 valence electrons. The predicted octanol–water partition coefficient (Wildman–Crippen LogP) is 0.535. The third kappa shape index (κ3) is 5.21. The summed E-state index contributed by atoms with van der Waals surface area (Å²) in [7, 11) is 0. The summed E-state index contributed by atoms with van der Waals surface area (Å²) in [5, 5.41) is 11.4. The van der Waals surface area contributed by atoms with Gasteiger partial charge < -0.3 is 20.9 Å². The molecule has 17 heavy (non-hydrogen) atoms. The zero-order valence-corrected chi connectivity index (χ0v) is 9.85. The van der Waals surface area contributed by atoms with Gasteiger partial charge in [0, 0.05) is 11.7 Å². The van der Waals surface area contributed by atoms with Crippen LogP contribution >= 0.6 is 0 Å². The fraction of sp³-hybridized carbons (Fsp3) is 0.417. The number of aliphatic hydroxyl groups is 1. The number of hydrogen-bond donors (Lipinski definition) is 3. The number of anilines is 1. The van der Waals surface area contributed by atoms with Crippen molar-refractivity contribution in [3.63, 3.8) is 0 Å². The molecule has 0 spiro atoms. The lowest BCUT2D eigenvalue weighted by atomic mass is 10.3. The van der Waals surface area contributed by atoms with E-state index < -0.39 is 0 Å². The van der Waals surface area contributed by atoms with Crippen molar-refractivity contribution < 1.29 is 14.6 Å². The van der Waals surface area contributed by atoms with E-state index in [9.17, 15) is 4.79 Å². The van der Waals surface area contributed by atoms with Crippen LogP contribution in [0.2, 0.25) is 0 Å². The highest BCUT2D eigenvalue weighted by atomic mass is 16.5. The van der Waals surface area contributed by atoms with Crippen LogP contribution in [0, 0.1) is 0 Å². The number of amides is 1. The molecular weight excluding hydrogens is 220 g/mol. The fourth-order valence-corrected chi connectivity index (χ4v) is 1.22. The van der Waals surface area contributed by atoms with Gasteiger partial charge in [-0.05, 0) is 31.2 Å². The van der Waals surface area contributed by atoms with Crippen LogP contribution in [0.3, 0.4) is 0 Å². The zero-order chi connectivity index (χ0) is 12.7. The van der Waals surface area contributed by atoms with E-state index >= 15 is 0 Å². The molecule has 0 bridgehead atoms. The van der Waals surface area contributed by atoms with Crippen LogP contribution in [0.15, 0.2) is 24.3 Å². The second-order valence-electron chi connectivity index (χ2n) is 3.82. The number of carbonyl (C=O) groups excluding carboxylic acids is 1. The number of benzene rings is 1. The SMILES string of the molecule is C[C@H](CO)NC(=O)CCOc1ccc(N)cc1. The first-order valence-corrected chi connectivity index (χ1v) is 5.50. The molecule has 5 nitrogen and oxygen atoms in total. The van der Waals surface area contributed by atoms with Crippen LogP contribution in [0.5, 0.6) is 5.75 Å². The van der Waals surface area contributed by atoms with Crippen LogP contribution in [0.25, 0.3) is 0 Å². The van der Waals surface area contributed by atoms with Gasteiger partial charge in [-0.3, -0.25) is 4.79 Å². The molecule has 0 aliphatic carbocycles. The van der Waals surface area contributed by atoms with Crippen molar-refractivity contribution in [3.05, 3.63) is 24.3 Å². The smallest absolute Gasteiger partial charge is 0.223 e. The Hall–Kier alpha value is -1.75. The number of rotatable bonds is 6. The maximum Gasteiger partial charge on any atom is 0.223 e. The normalized spacial score (nSPS) is 11.9. The monoisotopic (exact) mass is 238 g/mol. The summed E-state index contributed by atoms with van der Waals surface area (Å²) in [6, 6.07) is 6.76. The van der Waals surface area contributed by atoms with Crippen LogP contribution in [0.4, 0.5) is 5.69 Å². The van der Waals surface area contributed by atoms with Gasteiger partial charge in [0.15, 0.2) is 0 Å². The maximum absolute atomic E-state index is 11.3. The van der Waals surface area contributed by atoms with Crippen molar-refractivity contribution in [2.75, 3.05) is 18.9 Å². The lowest BCUT2D eigenvalue weighted by molar-refractivity contribution is -0.122. The third-order valence-electron chi connectivity index (χ3n) is 2.16. The molecule has 0 unspecified atom stereocenters. The van der Waals surface area contributed by atoms with Gasteiger partial charge in [-0.1, -0.05) is 0 Å². The summed E-state index contributed by atoms with van der Waals surface area (Å²) >= 11 is 0. The minimum absolute atomic E-state index is 0.0649. The Morgan fingerprint density at radius 3 is 2.71 bits per heavy atom. The van der Waals surface area contributed by atoms with Gasteiger partial charge in [-0.15, -0.1) is 0 Å². The predicted molar refractivity (Wildman–Crippen MR) is 65.7 cm³/mol. The van der Waals surface area contributed by atoms with Gasteiger partial charge in [0.2, 0.25) is 5.91 Å². The molecule has 1 amide bonds. The molecule has 0 heterocycles. The molecular formula is C12H18N2O3. The van der Waals surface area contributed by atoms with Gasteiger partial charge in [0.05, 0.1) is 19.6 Å². The topological polar surface area (TPSA) is 84.6 Å². The molecule has 1 aromatic carbocycles. The lowest BCUT2D eigenvalue weighted by Gasteiger charge is -2.11. The summed E-state index contributed by atoms with van der Waals surface area (Å²) in [6.45, 7) is 1.97. The molecule has 0 aromatic heterocycles. The van der Waals surface area contributed by atoms with E-state index in [1.54, 1.807) is 31.2 Å². The number of carbonyl (C=O) groups is 1. The molecule has 4 N–H and O–H groups in total. The molecule has 0 aliphatic heterocycles. The summed E-state index contributed by atoms with van der Waals surface area (Å²) in [6.07, 6.45) is 0.259. The number of nitrogens with two attached hydrogens (primary N) is 1. The molecule has 0 aliphatic rings. The Morgan fingerprint density at radius 2 is 2.12 bits per heavy atom. The van der Waals surface area contributed by atoms with Gasteiger partial charge in [0.25, 0.3) is 0 Å². The highest BCUT2D eigenvalue weighted by molar-refractivity contribution is 5.76. The number of nitrogens with one attached hydrogen (secondary N) is 1. The quantitative estimate of drug-likeness (QED) is 0.631. The van der Waals surface area contributed by atoms with E-state index in [1.165, 1.54) is 0 Å². The van der Waals surface area contributed by atoms with E-state index in [4.69, 9.17) is 15.6 Å². The van der Waals surface area contributed by atoms with Gasteiger partial charge in [-0.25, -0.2) is 0 Å². The van der Waals surface area contributed by atoms with Crippen molar-refractivity contribution >= 4 is 11.6 Å². The first kappa shape index (κ1) is 13.3. The Balaban J connectivity index is 2.23.